The van der Waals surface area contributed by atoms with Gasteiger partial charge in [0.2, 0.25) is 10.0 Å². The highest BCUT2D eigenvalue weighted by Gasteiger charge is 2.35. The second kappa shape index (κ2) is 8.73. The standard InChI is InChI=1S/C23H23FN4O2S2/c24-15-18-4-2-12-28(18)32(29,30)19-6-8-21-22(14-19)31-23(27-21)26-11-9-16-5-7-20-17(13-16)3-1-10-25-20/h1,3,5-8,10,13-14,18H,2,4,9,11-12,15H2,(H,26,27)/t18-/m0/s1. The van der Waals surface area contributed by atoms with Crippen LogP contribution in [0.5, 0.6) is 0 Å². The molecule has 9 heteroatoms. The molecule has 32 heavy (non-hydrogen) atoms. The summed E-state index contributed by atoms with van der Waals surface area (Å²) in [5, 5.41) is 5.21. The number of anilines is 1. The first-order valence-corrected chi connectivity index (χ1v) is 12.9. The van der Waals surface area contributed by atoms with Crippen LogP contribution in [0.3, 0.4) is 0 Å². The van der Waals surface area contributed by atoms with Gasteiger partial charge in [0, 0.05) is 24.7 Å². The summed E-state index contributed by atoms with van der Waals surface area (Å²) >= 11 is 1.43. The number of sulfonamides is 1. The molecule has 1 fully saturated rings. The second-order valence-corrected chi connectivity index (χ2v) is 10.8. The van der Waals surface area contributed by atoms with Gasteiger partial charge in [-0.2, -0.15) is 4.31 Å². The molecule has 1 aliphatic heterocycles. The number of thiazole rings is 1. The van der Waals surface area contributed by atoms with Gasteiger partial charge in [-0.15, -0.1) is 0 Å². The van der Waals surface area contributed by atoms with E-state index in [0.29, 0.717) is 25.9 Å². The zero-order valence-corrected chi connectivity index (χ0v) is 19.0. The Morgan fingerprint density at radius 3 is 2.91 bits per heavy atom. The highest BCUT2D eigenvalue weighted by molar-refractivity contribution is 7.89. The van der Waals surface area contributed by atoms with Crippen molar-refractivity contribution >= 4 is 47.6 Å². The van der Waals surface area contributed by atoms with Crippen molar-refractivity contribution in [2.45, 2.75) is 30.2 Å². The van der Waals surface area contributed by atoms with E-state index in [-0.39, 0.29) is 4.90 Å². The second-order valence-electron chi connectivity index (χ2n) is 7.92. The monoisotopic (exact) mass is 470 g/mol. The molecule has 2 aromatic heterocycles. The number of hydrogen-bond acceptors (Lipinski definition) is 6. The molecule has 5 rings (SSSR count). The molecule has 2 aromatic carbocycles. The van der Waals surface area contributed by atoms with Gasteiger partial charge >= 0.3 is 0 Å². The van der Waals surface area contributed by atoms with Crippen LogP contribution in [-0.2, 0) is 16.4 Å². The van der Waals surface area contributed by atoms with Crippen LogP contribution in [0.25, 0.3) is 21.1 Å². The Hall–Kier alpha value is -2.62. The van der Waals surface area contributed by atoms with Crippen LogP contribution in [0, 0.1) is 0 Å². The van der Waals surface area contributed by atoms with E-state index in [1.165, 1.54) is 21.2 Å². The lowest BCUT2D eigenvalue weighted by atomic mass is 10.1. The van der Waals surface area contributed by atoms with Crippen LogP contribution in [0.15, 0.2) is 59.6 Å². The molecule has 166 valence electrons. The predicted molar refractivity (Wildman–Crippen MR) is 126 cm³/mol. The van der Waals surface area contributed by atoms with Crippen LogP contribution in [0.4, 0.5) is 9.52 Å². The van der Waals surface area contributed by atoms with Gasteiger partial charge in [-0.3, -0.25) is 4.98 Å². The molecule has 1 saturated heterocycles. The third-order valence-corrected chi connectivity index (χ3v) is 8.75. The molecule has 0 amide bonds. The van der Waals surface area contributed by atoms with Gasteiger partial charge in [0.25, 0.3) is 0 Å². The Morgan fingerprint density at radius 1 is 1.16 bits per heavy atom. The summed E-state index contributed by atoms with van der Waals surface area (Å²) in [4.78, 5) is 9.12. The largest absolute Gasteiger partial charge is 0.361 e. The van der Waals surface area contributed by atoms with E-state index in [1.54, 1.807) is 24.4 Å². The first kappa shape index (κ1) is 21.2. The zero-order valence-electron chi connectivity index (χ0n) is 17.4. The van der Waals surface area contributed by atoms with Crippen LogP contribution in [-0.4, -0.2) is 48.5 Å². The number of rotatable bonds is 7. The Morgan fingerprint density at radius 2 is 2.03 bits per heavy atom. The van der Waals surface area contributed by atoms with Crippen LogP contribution in [0.1, 0.15) is 18.4 Å². The number of fused-ring (bicyclic) bond motifs is 2. The van der Waals surface area contributed by atoms with Crippen molar-refractivity contribution in [3.8, 4) is 0 Å². The lowest BCUT2D eigenvalue weighted by Crippen LogP contribution is -2.36. The minimum absolute atomic E-state index is 0.199. The normalized spacial score (nSPS) is 17.3. The third kappa shape index (κ3) is 4.07. The van der Waals surface area contributed by atoms with E-state index in [9.17, 15) is 12.8 Å². The van der Waals surface area contributed by atoms with Gasteiger partial charge in [-0.25, -0.2) is 17.8 Å². The van der Waals surface area contributed by atoms with Gasteiger partial charge < -0.3 is 5.32 Å². The number of benzene rings is 2. The number of aromatic nitrogens is 2. The lowest BCUT2D eigenvalue weighted by molar-refractivity contribution is 0.311. The molecule has 0 bridgehead atoms. The maximum atomic E-state index is 13.2. The summed E-state index contributed by atoms with van der Waals surface area (Å²) in [6, 6.07) is 14.6. The zero-order chi connectivity index (χ0) is 22.1. The molecular weight excluding hydrogens is 447 g/mol. The van der Waals surface area contributed by atoms with Crippen molar-refractivity contribution in [3.05, 3.63) is 60.3 Å². The Bertz CT molecular complexity index is 1370. The summed E-state index contributed by atoms with van der Waals surface area (Å²) < 4.78 is 41.3. The summed E-state index contributed by atoms with van der Waals surface area (Å²) in [6.45, 7) is 0.432. The average Bonchev–Trinajstić information content (AvgIpc) is 3.45. The van der Waals surface area contributed by atoms with Crippen molar-refractivity contribution in [3.63, 3.8) is 0 Å². The number of pyridine rings is 1. The van der Waals surface area contributed by atoms with Crippen LogP contribution < -0.4 is 5.32 Å². The molecule has 1 N–H and O–H groups in total. The highest BCUT2D eigenvalue weighted by Crippen LogP contribution is 2.31. The van der Waals surface area contributed by atoms with E-state index < -0.39 is 22.7 Å². The van der Waals surface area contributed by atoms with Crippen molar-refractivity contribution in [1.29, 1.82) is 0 Å². The van der Waals surface area contributed by atoms with Crippen molar-refractivity contribution in [2.24, 2.45) is 0 Å². The fourth-order valence-electron chi connectivity index (χ4n) is 4.15. The van der Waals surface area contributed by atoms with E-state index in [1.807, 2.05) is 12.1 Å². The average molecular weight is 471 g/mol. The molecule has 0 spiro atoms. The number of hydrogen-bond donors (Lipinski definition) is 1. The van der Waals surface area contributed by atoms with Crippen molar-refractivity contribution < 1.29 is 12.8 Å². The fourth-order valence-corrected chi connectivity index (χ4v) is 6.86. The Labute approximate surface area is 190 Å². The van der Waals surface area contributed by atoms with Gasteiger partial charge in [0.05, 0.1) is 26.7 Å². The predicted octanol–water partition coefficient (Wildman–Crippen LogP) is 4.62. The maximum Gasteiger partial charge on any atom is 0.243 e. The summed E-state index contributed by atoms with van der Waals surface area (Å²) in [5.74, 6) is 0. The third-order valence-electron chi connectivity index (χ3n) is 5.83. The Kier molecular flexibility index (Phi) is 5.79. The Balaban J connectivity index is 1.29. The van der Waals surface area contributed by atoms with Crippen molar-refractivity contribution in [2.75, 3.05) is 25.1 Å². The highest BCUT2D eigenvalue weighted by atomic mass is 32.2. The molecule has 4 aromatic rings. The quantitative estimate of drug-likeness (QED) is 0.427. The first-order chi connectivity index (χ1) is 15.5. The summed E-state index contributed by atoms with van der Waals surface area (Å²) in [7, 11) is -3.71. The molecule has 0 unspecified atom stereocenters. The van der Waals surface area contributed by atoms with E-state index in [4.69, 9.17) is 0 Å². The molecule has 0 saturated carbocycles. The number of alkyl halides is 1. The van der Waals surface area contributed by atoms with Gasteiger partial charge in [-0.1, -0.05) is 23.5 Å². The summed E-state index contributed by atoms with van der Waals surface area (Å²) in [5.41, 5.74) is 2.94. The maximum absolute atomic E-state index is 13.2. The number of halogens is 1. The molecule has 0 aliphatic carbocycles. The molecule has 1 atom stereocenters. The van der Waals surface area contributed by atoms with Crippen molar-refractivity contribution in [1.82, 2.24) is 14.3 Å². The minimum Gasteiger partial charge on any atom is -0.361 e. The first-order valence-electron chi connectivity index (χ1n) is 10.6. The SMILES string of the molecule is O=S(=O)(c1ccc2nc(NCCc3ccc4ncccc4c3)sc2c1)N1CCC[C@H]1CF. The van der Waals surface area contributed by atoms with E-state index >= 15 is 0 Å². The van der Waals surface area contributed by atoms with E-state index in [0.717, 1.165) is 32.7 Å². The molecule has 0 radical (unpaired) electrons. The minimum atomic E-state index is -3.71. The summed E-state index contributed by atoms with van der Waals surface area (Å²) in [6.07, 6.45) is 3.89. The van der Waals surface area contributed by atoms with Gasteiger partial charge in [0.15, 0.2) is 5.13 Å². The smallest absolute Gasteiger partial charge is 0.243 e. The van der Waals surface area contributed by atoms with Gasteiger partial charge in [-0.05, 0) is 61.2 Å². The topological polar surface area (TPSA) is 75.2 Å². The van der Waals surface area contributed by atoms with E-state index in [2.05, 4.69) is 33.5 Å². The fraction of sp³-hybridized carbons (Fsp3) is 0.304. The molecule has 6 nitrogen and oxygen atoms in total. The molecule has 3 heterocycles. The lowest BCUT2D eigenvalue weighted by Gasteiger charge is -2.21. The van der Waals surface area contributed by atoms with Crippen LogP contribution >= 0.6 is 11.3 Å². The van der Waals surface area contributed by atoms with Crippen LogP contribution in [0.2, 0.25) is 0 Å². The molecule has 1 aliphatic rings. The molecular formula is C23H23FN4O2S2. The van der Waals surface area contributed by atoms with Gasteiger partial charge in [0.1, 0.15) is 6.67 Å². The number of nitrogens with one attached hydrogen (secondary N) is 1. The number of nitrogens with zero attached hydrogens (tertiary/aromatic N) is 3.